The Morgan fingerprint density at radius 3 is 2.55 bits per heavy atom. The van der Waals surface area contributed by atoms with Crippen LogP contribution >= 0.6 is 0 Å². The van der Waals surface area contributed by atoms with Gasteiger partial charge in [-0.15, -0.1) is 0 Å². The molecule has 1 aromatic carbocycles. The van der Waals surface area contributed by atoms with E-state index in [9.17, 15) is 13.2 Å². The van der Waals surface area contributed by atoms with Crippen LogP contribution < -0.4 is 4.90 Å². The zero-order chi connectivity index (χ0) is 14.1. The van der Waals surface area contributed by atoms with Gasteiger partial charge in [0.2, 0.25) is 0 Å². The molecule has 0 bridgehead atoms. The fourth-order valence-electron chi connectivity index (χ4n) is 3.83. The lowest BCUT2D eigenvalue weighted by molar-refractivity contribution is -0.167. The van der Waals surface area contributed by atoms with Crippen LogP contribution in [0.5, 0.6) is 0 Å². The summed E-state index contributed by atoms with van der Waals surface area (Å²) in [5.74, 6) is -0.559. The Kier molecular flexibility index (Phi) is 2.02. The number of halogens is 3. The Hall–Kier alpha value is -1.91. The maximum absolute atomic E-state index is 13.8. The van der Waals surface area contributed by atoms with E-state index in [4.69, 9.17) is 4.42 Å². The molecule has 2 heterocycles. The van der Waals surface area contributed by atoms with E-state index in [0.29, 0.717) is 0 Å². The first-order valence-corrected chi connectivity index (χ1v) is 6.42. The molecule has 20 heavy (non-hydrogen) atoms. The van der Waals surface area contributed by atoms with E-state index in [1.165, 1.54) is 18.4 Å². The average molecular weight is 279 g/mol. The third kappa shape index (κ3) is 1.12. The highest BCUT2D eigenvalue weighted by atomic mass is 19.4. The number of likely N-dealkylation sites (N-methyl/N-ethyl adjacent to an activating group) is 1. The molecule has 0 unspecified atom stereocenters. The summed E-state index contributed by atoms with van der Waals surface area (Å²) in [5.41, 5.74) is -0.262. The fourth-order valence-corrected chi connectivity index (χ4v) is 3.83. The quantitative estimate of drug-likeness (QED) is 0.791. The Bertz CT molecular complexity index is 664. The van der Waals surface area contributed by atoms with Gasteiger partial charge >= 0.3 is 6.18 Å². The van der Waals surface area contributed by atoms with E-state index in [0.717, 1.165) is 11.3 Å². The van der Waals surface area contributed by atoms with Gasteiger partial charge in [-0.05, 0) is 23.8 Å². The molecular formula is C15H12F3NO. The molecule has 104 valence electrons. The van der Waals surface area contributed by atoms with Gasteiger partial charge in [0, 0.05) is 18.7 Å². The molecular weight excluding hydrogens is 267 g/mol. The molecule has 4 rings (SSSR count). The molecule has 2 aromatic rings. The van der Waals surface area contributed by atoms with E-state index >= 15 is 0 Å². The van der Waals surface area contributed by atoms with Crippen molar-refractivity contribution in [2.24, 2.45) is 0 Å². The highest BCUT2D eigenvalue weighted by molar-refractivity contribution is 5.72. The molecule has 2 nitrogen and oxygen atoms in total. The molecule has 1 aliphatic carbocycles. The highest BCUT2D eigenvalue weighted by Crippen LogP contribution is 2.74. The van der Waals surface area contributed by atoms with E-state index in [2.05, 4.69) is 0 Å². The van der Waals surface area contributed by atoms with E-state index < -0.39 is 23.6 Å². The normalized spacial score (nSPS) is 31.1. The van der Waals surface area contributed by atoms with Gasteiger partial charge in [-0.25, -0.2) is 0 Å². The van der Waals surface area contributed by atoms with Gasteiger partial charge in [0.1, 0.15) is 5.76 Å². The monoisotopic (exact) mass is 279 g/mol. The van der Waals surface area contributed by atoms with Crippen LogP contribution in [0.1, 0.15) is 17.2 Å². The number of furan rings is 1. The molecule has 0 N–H and O–H groups in total. The molecule has 1 fully saturated rings. The van der Waals surface area contributed by atoms with Gasteiger partial charge in [-0.1, -0.05) is 18.2 Å². The lowest BCUT2D eigenvalue weighted by Crippen LogP contribution is -2.39. The summed E-state index contributed by atoms with van der Waals surface area (Å²) in [7, 11) is 1.72. The second-order valence-corrected chi connectivity index (χ2v) is 5.44. The van der Waals surface area contributed by atoms with Crippen molar-refractivity contribution in [3.05, 3.63) is 54.0 Å². The number of benzene rings is 1. The summed E-state index contributed by atoms with van der Waals surface area (Å²) in [5, 5.41) is 0. The van der Waals surface area contributed by atoms with Crippen molar-refractivity contribution in [2.45, 2.75) is 23.6 Å². The Morgan fingerprint density at radius 1 is 1.15 bits per heavy atom. The summed E-state index contributed by atoms with van der Waals surface area (Å²) >= 11 is 0. The zero-order valence-corrected chi connectivity index (χ0v) is 10.7. The minimum Gasteiger partial charge on any atom is -0.468 e. The van der Waals surface area contributed by atoms with Gasteiger partial charge < -0.3 is 9.32 Å². The molecule has 3 atom stereocenters. The molecule has 2 aliphatic rings. The van der Waals surface area contributed by atoms with Gasteiger partial charge in [0.05, 0.1) is 12.3 Å². The van der Waals surface area contributed by atoms with Crippen LogP contribution in [0.15, 0.2) is 47.1 Å². The van der Waals surface area contributed by atoms with E-state index in [-0.39, 0.29) is 5.76 Å². The van der Waals surface area contributed by atoms with Crippen molar-refractivity contribution in [1.82, 2.24) is 0 Å². The molecule has 5 heteroatoms. The Morgan fingerprint density at radius 2 is 1.90 bits per heavy atom. The third-order valence-corrected chi connectivity index (χ3v) is 4.63. The van der Waals surface area contributed by atoms with Crippen molar-refractivity contribution in [1.29, 1.82) is 0 Å². The van der Waals surface area contributed by atoms with Crippen molar-refractivity contribution >= 4 is 5.69 Å². The van der Waals surface area contributed by atoms with Gasteiger partial charge in [-0.2, -0.15) is 13.2 Å². The minimum atomic E-state index is -4.33. The van der Waals surface area contributed by atoms with Crippen LogP contribution in [0.4, 0.5) is 18.9 Å². The molecule has 0 radical (unpaired) electrons. The number of rotatable bonds is 1. The molecule has 0 saturated heterocycles. The lowest BCUT2D eigenvalue weighted by atomic mass is 9.93. The number of hydrogen-bond donors (Lipinski definition) is 0. The van der Waals surface area contributed by atoms with Crippen LogP contribution in [-0.4, -0.2) is 19.3 Å². The Labute approximate surface area is 113 Å². The van der Waals surface area contributed by atoms with Gasteiger partial charge in [0.25, 0.3) is 0 Å². The average Bonchev–Trinajstić information content (AvgIpc) is 2.71. The SMILES string of the molecule is CN1c2ccccc2[C@H]2[C@@H]1[C@]2(c1ccco1)C(F)(F)F. The smallest absolute Gasteiger partial charge is 0.404 e. The summed E-state index contributed by atoms with van der Waals surface area (Å²) in [6, 6.07) is 9.63. The minimum absolute atomic E-state index is 0.0151. The summed E-state index contributed by atoms with van der Waals surface area (Å²) in [4.78, 5) is 1.73. The highest BCUT2D eigenvalue weighted by Gasteiger charge is 2.84. The van der Waals surface area contributed by atoms with Crippen molar-refractivity contribution in [2.75, 3.05) is 11.9 Å². The van der Waals surface area contributed by atoms with E-state index in [1.54, 1.807) is 24.1 Å². The number of nitrogens with zero attached hydrogens (tertiary/aromatic N) is 1. The zero-order valence-electron chi connectivity index (χ0n) is 10.7. The first-order valence-electron chi connectivity index (χ1n) is 6.42. The van der Waals surface area contributed by atoms with Gasteiger partial charge in [-0.3, -0.25) is 0 Å². The Balaban J connectivity index is 1.92. The fraction of sp³-hybridized carbons (Fsp3) is 0.333. The molecule has 0 spiro atoms. The predicted octanol–water partition coefficient (Wildman–Crippen LogP) is 3.70. The van der Waals surface area contributed by atoms with E-state index in [1.807, 2.05) is 12.1 Å². The molecule has 0 amide bonds. The number of anilines is 1. The summed E-state index contributed by atoms with van der Waals surface area (Å²) in [6.07, 6.45) is -3.02. The summed E-state index contributed by atoms with van der Waals surface area (Å²) < 4.78 is 46.4. The topological polar surface area (TPSA) is 16.4 Å². The largest absolute Gasteiger partial charge is 0.468 e. The van der Waals surface area contributed by atoms with Crippen LogP contribution in [0, 0.1) is 0 Å². The van der Waals surface area contributed by atoms with Crippen molar-refractivity contribution in [3.8, 4) is 0 Å². The number of alkyl halides is 3. The first-order chi connectivity index (χ1) is 9.49. The number of fused-ring (bicyclic) bond motifs is 3. The maximum Gasteiger partial charge on any atom is 0.404 e. The molecule has 1 aliphatic heterocycles. The molecule has 1 saturated carbocycles. The lowest BCUT2D eigenvalue weighted by Gasteiger charge is -2.27. The summed E-state index contributed by atoms with van der Waals surface area (Å²) in [6.45, 7) is 0. The maximum atomic E-state index is 13.8. The predicted molar refractivity (Wildman–Crippen MR) is 67.8 cm³/mol. The number of hydrogen-bond acceptors (Lipinski definition) is 2. The van der Waals surface area contributed by atoms with Crippen LogP contribution in [-0.2, 0) is 5.41 Å². The van der Waals surface area contributed by atoms with Crippen molar-refractivity contribution < 1.29 is 17.6 Å². The van der Waals surface area contributed by atoms with Crippen molar-refractivity contribution in [3.63, 3.8) is 0 Å². The van der Waals surface area contributed by atoms with Crippen LogP contribution in [0.2, 0.25) is 0 Å². The molecule has 1 aromatic heterocycles. The van der Waals surface area contributed by atoms with Crippen LogP contribution in [0.25, 0.3) is 0 Å². The second kappa shape index (κ2) is 3.40. The number of para-hydroxylation sites is 1. The van der Waals surface area contributed by atoms with Crippen LogP contribution in [0.3, 0.4) is 0 Å². The standard InChI is InChI=1S/C15H12F3NO/c1-19-10-6-3-2-5-9(10)12-13(19)14(12,15(16,17)18)11-7-4-8-20-11/h2-8,12-13H,1H3/t12-,13+,14+/m0/s1. The third-order valence-electron chi connectivity index (χ3n) is 4.63. The first kappa shape index (κ1) is 11.9. The van der Waals surface area contributed by atoms with Gasteiger partial charge in [0.15, 0.2) is 5.41 Å². The second-order valence-electron chi connectivity index (χ2n) is 5.44.